The van der Waals surface area contributed by atoms with Crippen molar-refractivity contribution in [1.82, 2.24) is 4.98 Å². The van der Waals surface area contributed by atoms with Gasteiger partial charge in [0.25, 0.3) is 0 Å². The predicted molar refractivity (Wildman–Crippen MR) is 44.9 cm³/mol. The Bertz CT molecular complexity index is 398. The molecule has 0 atom stereocenters. The highest BCUT2D eigenvalue weighted by Crippen LogP contribution is 2.10. The van der Waals surface area contributed by atoms with E-state index in [-0.39, 0.29) is 12.2 Å². The molecule has 0 saturated carbocycles. The van der Waals surface area contributed by atoms with Crippen molar-refractivity contribution in [3.8, 4) is 6.07 Å². The van der Waals surface area contributed by atoms with Crippen molar-refractivity contribution in [3.05, 3.63) is 29.3 Å². The van der Waals surface area contributed by atoms with Crippen molar-refractivity contribution < 1.29 is 13.9 Å². The lowest BCUT2D eigenvalue weighted by Gasteiger charge is -2.01. The smallest absolute Gasteiger partial charge is 0.360 e. The predicted octanol–water partition coefficient (Wildman–Crippen LogP) is 1.27. The number of nitrogens with zero attached hydrogens (tertiary/aromatic N) is 2. The Hall–Kier alpha value is -1.96. The second-order valence-electron chi connectivity index (χ2n) is 2.35. The molecule has 0 amide bonds. The zero-order valence-electron chi connectivity index (χ0n) is 7.45. The molecule has 1 heterocycles. The summed E-state index contributed by atoms with van der Waals surface area (Å²) in [4.78, 5) is 14.6. The van der Waals surface area contributed by atoms with Gasteiger partial charge in [0.1, 0.15) is 6.07 Å². The third-order valence-corrected chi connectivity index (χ3v) is 1.48. The molecule has 5 heteroatoms. The summed E-state index contributed by atoms with van der Waals surface area (Å²) in [7, 11) is 0. The van der Waals surface area contributed by atoms with Crippen LogP contribution >= 0.6 is 0 Å². The number of pyridine rings is 1. The Balaban J connectivity index is 3.11. The van der Waals surface area contributed by atoms with Gasteiger partial charge in [-0.25, -0.2) is 14.2 Å². The Labute approximate surface area is 79.9 Å². The molecule has 0 aliphatic rings. The monoisotopic (exact) mass is 194 g/mol. The summed E-state index contributed by atoms with van der Waals surface area (Å²) in [6.45, 7) is 1.74. The molecule has 0 fully saturated rings. The number of ether oxygens (including phenoxy) is 1. The number of carbonyl (C=O) groups is 1. The summed E-state index contributed by atoms with van der Waals surface area (Å²) >= 11 is 0. The third kappa shape index (κ3) is 1.85. The molecule has 0 aliphatic carbocycles. The van der Waals surface area contributed by atoms with Gasteiger partial charge in [-0.2, -0.15) is 5.26 Å². The number of halogens is 1. The van der Waals surface area contributed by atoms with Gasteiger partial charge < -0.3 is 4.74 Å². The second kappa shape index (κ2) is 4.33. The van der Waals surface area contributed by atoms with Gasteiger partial charge in [0.05, 0.1) is 12.2 Å². The summed E-state index contributed by atoms with van der Waals surface area (Å²) in [5.74, 6) is -1.80. The highest BCUT2D eigenvalue weighted by molar-refractivity contribution is 5.87. The fraction of sp³-hybridized carbons (Fsp3) is 0.222. The summed E-state index contributed by atoms with van der Waals surface area (Å²) in [5.41, 5.74) is -0.672. The Morgan fingerprint density at radius 3 is 3.07 bits per heavy atom. The first-order valence-corrected chi connectivity index (χ1v) is 3.92. The quantitative estimate of drug-likeness (QED) is 0.665. The minimum Gasteiger partial charge on any atom is -0.461 e. The van der Waals surface area contributed by atoms with Crippen LogP contribution in [0.2, 0.25) is 0 Å². The van der Waals surface area contributed by atoms with Crippen molar-refractivity contribution >= 4 is 5.97 Å². The number of carbonyl (C=O) groups excluding carboxylic acids is 1. The summed E-state index contributed by atoms with van der Waals surface area (Å²) in [6.07, 6.45) is 1.19. The molecular weight excluding hydrogens is 187 g/mol. The number of nitriles is 1. The van der Waals surface area contributed by atoms with Crippen molar-refractivity contribution in [2.45, 2.75) is 6.92 Å². The first-order valence-electron chi connectivity index (χ1n) is 3.92. The van der Waals surface area contributed by atoms with Crippen molar-refractivity contribution in [1.29, 1.82) is 5.26 Å². The van der Waals surface area contributed by atoms with E-state index in [2.05, 4.69) is 9.72 Å². The second-order valence-corrected chi connectivity index (χ2v) is 2.35. The Kier molecular flexibility index (Phi) is 3.13. The van der Waals surface area contributed by atoms with E-state index in [1.165, 1.54) is 12.3 Å². The zero-order valence-corrected chi connectivity index (χ0v) is 7.45. The van der Waals surface area contributed by atoms with Crippen LogP contribution in [-0.4, -0.2) is 17.6 Å². The lowest BCUT2D eigenvalue weighted by atomic mass is 10.2. The van der Waals surface area contributed by atoms with E-state index in [4.69, 9.17) is 5.26 Å². The molecule has 1 rings (SSSR count). The summed E-state index contributed by atoms with van der Waals surface area (Å²) in [6, 6.07) is 2.80. The molecule has 0 aromatic carbocycles. The maximum absolute atomic E-state index is 13.3. The first kappa shape index (κ1) is 10.1. The van der Waals surface area contributed by atoms with E-state index in [1.54, 1.807) is 13.0 Å². The molecule has 0 unspecified atom stereocenters. The number of hydrogen-bond acceptors (Lipinski definition) is 4. The molecule has 4 nitrogen and oxygen atoms in total. The van der Waals surface area contributed by atoms with Gasteiger partial charge in [-0.3, -0.25) is 0 Å². The molecule has 14 heavy (non-hydrogen) atoms. The SMILES string of the molecule is CCOC(=O)c1nccc(C#N)c1F. The molecular formula is C9H7FN2O2. The Morgan fingerprint density at radius 1 is 1.79 bits per heavy atom. The maximum Gasteiger partial charge on any atom is 0.360 e. The highest BCUT2D eigenvalue weighted by atomic mass is 19.1. The minimum absolute atomic E-state index is 0.136. The van der Waals surface area contributed by atoms with Crippen molar-refractivity contribution in [3.63, 3.8) is 0 Å². The fourth-order valence-corrected chi connectivity index (χ4v) is 0.872. The van der Waals surface area contributed by atoms with Crippen LogP contribution in [0.15, 0.2) is 12.3 Å². The van der Waals surface area contributed by atoms with E-state index >= 15 is 0 Å². The van der Waals surface area contributed by atoms with Crippen LogP contribution in [0.4, 0.5) is 4.39 Å². The van der Waals surface area contributed by atoms with Crippen LogP contribution in [-0.2, 0) is 4.74 Å². The molecule has 1 aromatic heterocycles. The largest absolute Gasteiger partial charge is 0.461 e. The van der Waals surface area contributed by atoms with Gasteiger partial charge in [-0.1, -0.05) is 0 Å². The minimum atomic E-state index is -0.937. The van der Waals surface area contributed by atoms with Crippen molar-refractivity contribution in [2.75, 3.05) is 6.61 Å². The topological polar surface area (TPSA) is 63.0 Å². The van der Waals surface area contributed by atoms with E-state index < -0.39 is 17.5 Å². The standard InChI is InChI=1S/C9H7FN2O2/c1-2-14-9(13)8-7(10)6(5-11)3-4-12-8/h3-4H,2H2,1H3. The first-order chi connectivity index (χ1) is 6.70. The van der Waals surface area contributed by atoms with Gasteiger partial charge >= 0.3 is 5.97 Å². The molecule has 1 aromatic rings. The van der Waals surface area contributed by atoms with E-state index in [0.29, 0.717) is 0 Å². The number of aromatic nitrogens is 1. The van der Waals surface area contributed by atoms with Gasteiger partial charge in [0.15, 0.2) is 11.5 Å². The molecule has 0 spiro atoms. The van der Waals surface area contributed by atoms with Crippen LogP contribution in [0.1, 0.15) is 23.0 Å². The lowest BCUT2D eigenvalue weighted by molar-refractivity contribution is 0.0513. The van der Waals surface area contributed by atoms with Crippen LogP contribution in [0.5, 0.6) is 0 Å². The molecule has 0 aliphatic heterocycles. The molecule has 0 bridgehead atoms. The normalized spacial score (nSPS) is 9.21. The molecule has 0 saturated heterocycles. The van der Waals surface area contributed by atoms with Crippen LogP contribution in [0.3, 0.4) is 0 Å². The van der Waals surface area contributed by atoms with Gasteiger partial charge in [0.2, 0.25) is 0 Å². The van der Waals surface area contributed by atoms with Crippen LogP contribution < -0.4 is 0 Å². The third-order valence-electron chi connectivity index (χ3n) is 1.48. The van der Waals surface area contributed by atoms with Gasteiger partial charge in [0, 0.05) is 6.20 Å². The zero-order chi connectivity index (χ0) is 10.6. The fourth-order valence-electron chi connectivity index (χ4n) is 0.872. The highest BCUT2D eigenvalue weighted by Gasteiger charge is 2.17. The number of hydrogen-bond donors (Lipinski definition) is 0. The maximum atomic E-state index is 13.3. The van der Waals surface area contributed by atoms with E-state index in [1.807, 2.05) is 0 Å². The van der Waals surface area contributed by atoms with Crippen LogP contribution in [0, 0.1) is 17.1 Å². The summed E-state index contributed by atoms with van der Waals surface area (Å²) < 4.78 is 17.8. The number of esters is 1. The van der Waals surface area contributed by atoms with Crippen LogP contribution in [0.25, 0.3) is 0 Å². The van der Waals surface area contributed by atoms with E-state index in [9.17, 15) is 9.18 Å². The number of rotatable bonds is 2. The molecule has 0 radical (unpaired) electrons. The van der Waals surface area contributed by atoms with E-state index in [0.717, 1.165) is 0 Å². The van der Waals surface area contributed by atoms with Crippen molar-refractivity contribution in [2.24, 2.45) is 0 Å². The average molecular weight is 194 g/mol. The average Bonchev–Trinajstić information content (AvgIpc) is 2.18. The van der Waals surface area contributed by atoms with Gasteiger partial charge in [-0.15, -0.1) is 0 Å². The molecule has 72 valence electrons. The summed E-state index contributed by atoms with van der Waals surface area (Å²) in [5, 5.41) is 8.48. The Morgan fingerprint density at radius 2 is 2.50 bits per heavy atom. The van der Waals surface area contributed by atoms with Gasteiger partial charge in [-0.05, 0) is 13.0 Å². The lowest BCUT2D eigenvalue weighted by Crippen LogP contribution is -2.10. The molecule has 0 N–H and O–H groups in total.